The van der Waals surface area contributed by atoms with Crippen molar-refractivity contribution in [2.75, 3.05) is 13.4 Å². The number of carbonyl (C=O) groups excluding carboxylic acids is 1. The van der Waals surface area contributed by atoms with Crippen molar-refractivity contribution < 1.29 is 9.53 Å². The van der Waals surface area contributed by atoms with Crippen LogP contribution in [-0.4, -0.2) is 29.5 Å². The number of hydrogen-bond acceptors (Lipinski definition) is 7. The average Bonchev–Trinajstić information content (AvgIpc) is 2.96. The first kappa shape index (κ1) is 15.0. The molecule has 1 heterocycles. The first-order chi connectivity index (χ1) is 9.74. The van der Waals surface area contributed by atoms with E-state index in [9.17, 15) is 4.79 Å². The lowest BCUT2D eigenvalue weighted by atomic mass is 10.1. The second-order valence-electron chi connectivity index (χ2n) is 3.91. The van der Waals surface area contributed by atoms with Crippen LogP contribution in [0.5, 0.6) is 0 Å². The van der Waals surface area contributed by atoms with E-state index in [1.807, 2.05) is 36.6 Å². The highest BCUT2D eigenvalue weighted by Gasteiger charge is 2.21. The second-order valence-corrected chi connectivity index (χ2v) is 6.03. The molecule has 0 aliphatic rings. The van der Waals surface area contributed by atoms with Gasteiger partial charge in [0.05, 0.1) is 13.7 Å². The van der Waals surface area contributed by atoms with Crippen molar-refractivity contribution in [3.63, 3.8) is 0 Å². The van der Waals surface area contributed by atoms with Crippen LogP contribution in [-0.2, 0) is 16.1 Å². The molecule has 0 aliphatic heterocycles. The van der Waals surface area contributed by atoms with Crippen LogP contribution < -0.4 is 5.32 Å². The molecule has 0 fully saturated rings. The minimum absolute atomic E-state index is 0.314. The number of ether oxygens (including phenoxy) is 1. The number of carbonyl (C=O) groups is 1. The van der Waals surface area contributed by atoms with Crippen LogP contribution in [0.4, 0.5) is 0 Å². The second kappa shape index (κ2) is 7.37. The van der Waals surface area contributed by atoms with E-state index in [-0.39, 0.29) is 5.97 Å². The minimum atomic E-state index is -0.497. The Morgan fingerprint density at radius 3 is 2.75 bits per heavy atom. The van der Waals surface area contributed by atoms with Gasteiger partial charge in [-0.15, -0.1) is 10.2 Å². The molecule has 1 aromatic carbocycles. The quantitative estimate of drug-likeness (QED) is 0.652. The van der Waals surface area contributed by atoms with E-state index in [0.29, 0.717) is 6.54 Å². The zero-order chi connectivity index (χ0) is 14.4. The third-order valence-corrected chi connectivity index (χ3v) is 4.55. The molecule has 7 heteroatoms. The molecule has 0 amide bonds. The number of methoxy groups -OCH3 is 1. The number of aromatic nitrogens is 2. The van der Waals surface area contributed by atoms with Gasteiger partial charge in [-0.1, -0.05) is 53.4 Å². The van der Waals surface area contributed by atoms with E-state index in [2.05, 4.69) is 15.5 Å². The van der Waals surface area contributed by atoms with Gasteiger partial charge in [-0.2, -0.15) is 0 Å². The summed E-state index contributed by atoms with van der Waals surface area (Å²) in [6.07, 6.45) is 1.96. The van der Waals surface area contributed by atoms with Crippen LogP contribution in [0.2, 0.25) is 0 Å². The maximum atomic E-state index is 11.9. The molecule has 0 unspecified atom stereocenters. The van der Waals surface area contributed by atoms with E-state index < -0.39 is 6.04 Å². The summed E-state index contributed by atoms with van der Waals surface area (Å²) in [6, 6.07) is 8.98. The number of esters is 1. The highest BCUT2D eigenvalue weighted by atomic mass is 32.2. The Hall–Kier alpha value is -1.44. The molecule has 2 rings (SSSR count). The van der Waals surface area contributed by atoms with Crippen LogP contribution >= 0.6 is 23.1 Å². The van der Waals surface area contributed by atoms with Gasteiger partial charge in [0.25, 0.3) is 0 Å². The molecule has 1 aromatic heterocycles. The van der Waals surface area contributed by atoms with Crippen molar-refractivity contribution in [2.24, 2.45) is 0 Å². The van der Waals surface area contributed by atoms with Crippen LogP contribution in [0.3, 0.4) is 0 Å². The molecule has 0 aliphatic carbocycles. The fourth-order valence-corrected chi connectivity index (χ4v) is 2.95. The molecule has 0 saturated carbocycles. The fourth-order valence-electron chi connectivity index (χ4n) is 1.68. The minimum Gasteiger partial charge on any atom is -0.468 e. The molecular weight excluding hydrogens is 294 g/mol. The van der Waals surface area contributed by atoms with E-state index in [4.69, 9.17) is 4.74 Å². The van der Waals surface area contributed by atoms with Gasteiger partial charge in [-0.25, -0.2) is 4.79 Å². The van der Waals surface area contributed by atoms with E-state index in [1.165, 1.54) is 18.4 Å². The van der Waals surface area contributed by atoms with Gasteiger partial charge in [0, 0.05) is 0 Å². The molecule has 0 saturated heterocycles. The van der Waals surface area contributed by atoms with Gasteiger partial charge in [0.1, 0.15) is 11.0 Å². The van der Waals surface area contributed by atoms with E-state index >= 15 is 0 Å². The number of benzene rings is 1. The first-order valence-corrected chi connectivity index (χ1v) is 8.01. The van der Waals surface area contributed by atoms with E-state index in [0.717, 1.165) is 14.9 Å². The highest BCUT2D eigenvalue weighted by molar-refractivity contribution is 8.00. The lowest BCUT2D eigenvalue weighted by Crippen LogP contribution is -2.29. The zero-order valence-corrected chi connectivity index (χ0v) is 12.8. The number of hydrogen-bond donors (Lipinski definition) is 1. The average molecular weight is 309 g/mol. The number of thioether (sulfide) groups is 1. The summed E-state index contributed by atoms with van der Waals surface area (Å²) in [7, 11) is 1.39. The van der Waals surface area contributed by atoms with Crippen molar-refractivity contribution in [2.45, 2.75) is 16.9 Å². The van der Waals surface area contributed by atoms with Gasteiger partial charge < -0.3 is 4.74 Å². The normalized spacial score (nSPS) is 12.1. The Kier molecular flexibility index (Phi) is 5.51. The molecule has 2 aromatic rings. The summed E-state index contributed by atoms with van der Waals surface area (Å²) < 4.78 is 5.76. The third-order valence-electron chi connectivity index (χ3n) is 2.65. The van der Waals surface area contributed by atoms with Crippen molar-refractivity contribution in [1.29, 1.82) is 0 Å². The Balaban J connectivity index is 2.07. The summed E-state index contributed by atoms with van der Waals surface area (Å²) in [5.74, 6) is -0.314. The number of rotatable bonds is 6. The largest absolute Gasteiger partial charge is 0.468 e. The Labute approximate surface area is 125 Å². The summed E-state index contributed by atoms with van der Waals surface area (Å²) in [5.41, 5.74) is 0.869. The van der Waals surface area contributed by atoms with Crippen LogP contribution in [0.1, 0.15) is 16.6 Å². The van der Waals surface area contributed by atoms with Gasteiger partial charge in [0.15, 0.2) is 4.34 Å². The Bertz CT molecular complexity index is 560. The van der Waals surface area contributed by atoms with Crippen molar-refractivity contribution in [3.8, 4) is 0 Å². The molecule has 20 heavy (non-hydrogen) atoms. The molecule has 5 nitrogen and oxygen atoms in total. The maximum Gasteiger partial charge on any atom is 0.327 e. The predicted octanol–water partition coefficient (Wildman–Crippen LogP) is 2.26. The summed E-state index contributed by atoms with van der Waals surface area (Å²) >= 11 is 3.07. The molecule has 0 radical (unpaired) electrons. The standard InChI is InChI=1S/C13H15N3O2S2/c1-18-12(17)11(9-6-4-3-5-7-9)14-8-10-15-16-13(19-2)20-10/h3-7,11,14H,8H2,1-2H3/t11-/m0/s1. The number of nitrogens with zero attached hydrogens (tertiary/aromatic N) is 2. The molecule has 0 spiro atoms. The summed E-state index contributed by atoms with van der Waals surface area (Å²) in [5, 5.41) is 12.1. The van der Waals surface area contributed by atoms with Gasteiger partial charge in [0.2, 0.25) is 0 Å². The van der Waals surface area contributed by atoms with E-state index in [1.54, 1.807) is 11.8 Å². The summed E-state index contributed by atoms with van der Waals surface area (Å²) in [4.78, 5) is 11.9. The number of nitrogens with one attached hydrogen (secondary N) is 1. The monoisotopic (exact) mass is 309 g/mol. The summed E-state index contributed by atoms with van der Waals surface area (Å²) in [6.45, 7) is 0.479. The topological polar surface area (TPSA) is 64.1 Å². The lowest BCUT2D eigenvalue weighted by Gasteiger charge is -2.15. The van der Waals surface area contributed by atoms with Crippen molar-refractivity contribution >= 4 is 29.1 Å². The fraction of sp³-hybridized carbons (Fsp3) is 0.308. The molecular formula is C13H15N3O2S2. The molecule has 106 valence electrons. The van der Waals surface area contributed by atoms with Crippen LogP contribution in [0.15, 0.2) is 34.7 Å². The first-order valence-electron chi connectivity index (χ1n) is 5.97. The Morgan fingerprint density at radius 1 is 1.40 bits per heavy atom. The highest BCUT2D eigenvalue weighted by Crippen LogP contribution is 2.20. The third kappa shape index (κ3) is 3.78. The SMILES string of the molecule is COC(=O)[C@@H](NCc1nnc(SC)s1)c1ccccc1. The zero-order valence-electron chi connectivity index (χ0n) is 11.2. The van der Waals surface area contributed by atoms with Crippen LogP contribution in [0.25, 0.3) is 0 Å². The smallest absolute Gasteiger partial charge is 0.327 e. The lowest BCUT2D eigenvalue weighted by molar-refractivity contribution is -0.143. The maximum absolute atomic E-state index is 11.9. The van der Waals surface area contributed by atoms with Crippen LogP contribution in [0, 0.1) is 0 Å². The Morgan fingerprint density at radius 2 is 2.15 bits per heavy atom. The molecule has 0 bridgehead atoms. The van der Waals surface area contributed by atoms with Gasteiger partial charge >= 0.3 is 5.97 Å². The van der Waals surface area contributed by atoms with Crippen molar-refractivity contribution in [3.05, 3.63) is 40.9 Å². The van der Waals surface area contributed by atoms with Gasteiger partial charge in [-0.05, 0) is 11.8 Å². The van der Waals surface area contributed by atoms with Crippen molar-refractivity contribution in [1.82, 2.24) is 15.5 Å². The molecule has 1 atom stereocenters. The van der Waals surface area contributed by atoms with Gasteiger partial charge in [-0.3, -0.25) is 5.32 Å². The predicted molar refractivity (Wildman–Crippen MR) is 79.7 cm³/mol. The molecule has 1 N–H and O–H groups in total.